The Balaban J connectivity index is 2.91. The lowest BCUT2D eigenvalue weighted by molar-refractivity contribution is 0.174. The molecule has 0 aliphatic carbocycles. The quantitative estimate of drug-likeness (QED) is 0.804. The SMILES string of the molecule is CC(O)CC(CN)c1ccc(F)cc1F. The zero-order valence-electron chi connectivity index (χ0n) is 8.58. The van der Waals surface area contributed by atoms with Crippen LogP contribution in [0.4, 0.5) is 8.78 Å². The van der Waals surface area contributed by atoms with Gasteiger partial charge in [0.15, 0.2) is 0 Å². The van der Waals surface area contributed by atoms with Gasteiger partial charge in [-0.25, -0.2) is 8.78 Å². The molecular weight excluding hydrogens is 200 g/mol. The van der Waals surface area contributed by atoms with Gasteiger partial charge in [-0.3, -0.25) is 0 Å². The lowest BCUT2D eigenvalue weighted by atomic mass is 9.93. The largest absolute Gasteiger partial charge is 0.393 e. The van der Waals surface area contributed by atoms with Crippen molar-refractivity contribution in [2.24, 2.45) is 5.73 Å². The van der Waals surface area contributed by atoms with Crippen LogP contribution in [0.3, 0.4) is 0 Å². The van der Waals surface area contributed by atoms with Crippen LogP contribution in [0.5, 0.6) is 0 Å². The van der Waals surface area contributed by atoms with E-state index in [-0.39, 0.29) is 12.5 Å². The fourth-order valence-electron chi connectivity index (χ4n) is 1.59. The van der Waals surface area contributed by atoms with Gasteiger partial charge in [-0.1, -0.05) is 6.07 Å². The van der Waals surface area contributed by atoms with Gasteiger partial charge >= 0.3 is 0 Å². The van der Waals surface area contributed by atoms with Crippen molar-refractivity contribution in [3.63, 3.8) is 0 Å². The van der Waals surface area contributed by atoms with E-state index in [4.69, 9.17) is 5.73 Å². The normalized spacial score (nSPS) is 15.0. The van der Waals surface area contributed by atoms with Crippen molar-refractivity contribution in [3.05, 3.63) is 35.4 Å². The summed E-state index contributed by atoms with van der Waals surface area (Å²) in [5.74, 6) is -1.49. The molecule has 2 unspecified atom stereocenters. The van der Waals surface area contributed by atoms with E-state index in [2.05, 4.69) is 0 Å². The van der Waals surface area contributed by atoms with E-state index in [0.717, 1.165) is 6.07 Å². The van der Waals surface area contributed by atoms with Crippen LogP contribution in [0.2, 0.25) is 0 Å². The van der Waals surface area contributed by atoms with Crippen molar-refractivity contribution in [2.45, 2.75) is 25.4 Å². The number of aliphatic hydroxyl groups excluding tert-OH is 1. The summed E-state index contributed by atoms with van der Waals surface area (Å²) in [5.41, 5.74) is 5.85. The Morgan fingerprint density at radius 2 is 2.07 bits per heavy atom. The second-order valence-electron chi connectivity index (χ2n) is 3.68. The lowest BCUT2D eigenvalue weighted by Crippen LogP contribution is -2.18. The first-order valence-corrected chi connectivity index (χ1v) is 4.87. The Bertz CT molecular complexity index is 328. The van der Waals surface area contributed by atoms with Crippen molar-refractivity contribution in [2.75, 3.05) is 6.54 Å². The topological polar surface area (TPSA) is 46.2 Å². The molecule has 3 N–H and O–H groups in total. The van der Waals surface area contributed by atoms with Gasteiger partial charge < -0.3 is 10.8 Å². The summed E-state index contributed by atoms with van der Waals surface area (Å²) in [5, 5.41) is 9.21. The molecule has 4 heteroatoms. The van der Waals surface area contributed by atoms with Gasteiger partial charge in [0.1, 0.15) is 11.6 Å². The van der Waals surface area contributed by atoms with Gasteiger partial charge in [0.05, 0.1) is 6.10 Å². The predicted octanol–water partition coefficient (Wildman–Crippen LogP) is 1.78. The van der Waals surface area contributed by atoms with Crippen LogP contribution in [-0.4, -0.2) is 17.8 Å². The summed E-state index contributed by atoms with van der Waals surface area (Å²) in [6, 6.07) is 3.41. The highest BCUT2D eigenvalue weighted by Crippen LogP contribution is 2.23. The molecule has 0 bridgehead atoms. The molecule has 0 radical (unpaired) electrons. The lowest BCUT2D eigenvalue weighted by Gasteiger charge is -2.17. The molecular formula is C11H15F2NO. The molecule has 0 amide bonds. The minimum absolute atomic E-state index is 0.230. The molecule has 0 heterocycles. The van der Waals surface area contributed by atoms with Gasteiger partial charge in [-0.2, -0.15) is 0 Å². The van der Waals surface area contributed by atoms with Crippen LogP contribution in [0.15, 0.2) is 18.2 Å². The summed E-state index contributed by atoms with van der Waals surface area (Å²) in [6.07, 6.45) is -0.179. The molecule has 0 aliphatic heterocycles. The van der Waals surface area contributed by atoms with E-state index < -0.39 is 17.7 Å². The molecule has 2 atom stereocenters. The first-order valence-electron chi connectivity index (χ1n) is 4.87. The summed E-state index contributed by atoms with van der Waals surface area (Å²) >= 11 is 0. The van der Waals surface area contributed by atoms with Crippen molar-refractivity contribution in [1.29, 1.82) is 0 Å². The van der Waals surface area contributed by atoms with E-state index in [9.17, 15) is 13.9 Å². The number of hydrogen-bond acceptors (Lipinski definition) is 2. The molecule has 84 valence electrons. The molecule has 1 rings (SSSR count). The Morgan fingerprint density at radius 1 is 1.40 bits per heavy atom. The molecule has 0 aromatic heterocycles. The molecule has 0 aliphatic rings. The molecule has 0 spiro atoms. The summed E-state index contributed by atoms with van der Waals surface area (Å²) in [4.78, 5) is 0. The first-order chi connectivity index (χ1) is 7.04. The first kappa shape index (κ1) is 12.1. The molecule has 1 aromatic rings. The Labute approximate surface area is 87.7 Å². The standard InChI is InChI=1S/C11H15F2NO/c1-7(15)4-8(6-14)10-3-2-9(12)5-11(10)13/h2-3,5,7-8,15H,4,6,14H2,1H3. The fourth-order valence-corrected chi connectivity index (χ4v) is 1.59. The van der Waals surface area contributed by atoms with Crippen LogP contribution in [0.1, 0.15) is 24.8 Å². The van der Waals surface area contributed by atoms with E-state index in [1.165, 1.54) is 12.1 Å². The van der Waals surface area contributed by atoms with Crippen molar-refractivity contribution in [1.82, 2.24) is 0 Å². The average Bonchev–Trinajstić information content (AvgIpc) is 2.14. The maximum Gasteiger partial charge on any atom is 0.129 e. The van der Waals surface area contributed by atoms with Crippen LogP contribution < -0.4 is 5.73 Å². The highest BCUT2D eigenvalue weighted by molar-refractivity contribution is 5.23. The van der Waals surface area contributed by atoms with Gasteiger partial charge in [0, 0.05) is 12.0 Å². The third-order valence-corrected chi connectivity index (χ3v) is 2.31. The molecule has 2 nitrogen and oxygen atoms in total. The highest BCUT2D eigenvalue weighted by Gasteiger charge is 2.16. The Morgan fingerprint density at radius 3 is 2.53 bits per heavy atom. The number of hydrogen-bond donors (Lipinski definition) is 2. The molecule has 0 saturated carbocycles. The van der Waals surface area contributed by atoms with Crippen LogP contribution in [-0.2, 0) is 0 Å². The van der Waals surface area contributed by atoms with Gasteiger partial charge in [0.2, 0.25) is 0 Å². The monoisotopic (exact) mass is 215 g/mol. The fraction of sp³-hybridized carbons (Fsp3) is 0.455. The molecule has 0 fully saturated rings. The summed E-state index contributed by atoms with van der Waals surface area (Å²) in [7, 11) is 0. The van der Waals surface area contributed by atoms with Gasteiger partial charge in [0.25, 0.3) is 0 Å². The van der Waals surface area contributed by atoms with Crippen molar-refractivity contribution >= 4 is 0 Å². The average molecular weight is 215 g/mol. The van der Waals surface area contributed by atoms with Crippen molar-refractivity contribution < 1.29 is 13.9 Å². The Kier molecular flexibility index (Phi) is 4.17. The maximum atomic E-state index is 13.4. The number of nitrogens with two attached hydrogens (primary N) is 1. The second kappa shape index (κ2) is 5.19. The van der Waals surface area contributed by atoms with Crippen LogP contribution in [0, 0.1) is 11.6 Å². The van der Waals surface area contributed by atoms with Gasteiger partial charge in [-0.15, -0.1) is 0 Å². The number of benzene rings is 1. The molecule has 0 saturated heterocycles. The zero-order chi connectivity index (χ0) is 11.4. The second-order valence-corrected chi connectivity index (χ2v) is 3.68. The number of rotatable bonds is 4. The summed E-state index contributed by atoms with van der Waals surface area (Å²) in [6.45, 7) is 1.84. The van der Waals surface area contributed by atoms with E-state index >= 15 is 0 Å². The van der Waals surface area contributed by atoms with E-state index in [1.54, 1.807) is 6.92 Å². The number of halogens is 2. The smallest absolute Gasteiger partial charge is 0.129 e. The van der Waals surface area contributed by atoms with Crippen LogP contribution >= 0.6 is 0 Å². The van der Waals surface area contributed by atoms with E-state index in [1.807, 2.05) is 0 Å². The number of aliphatic hydroxyl groups is 1. The van der Waals surface area contributed by atoms with Crippen molar-refractivity contribution in [3.8, 4) is 0 Å². The highest BCUT2D eigenvalue weighted by atomic mass is 19.1. The van der Waals surface area contributed by atoms with Gasteiger partial charge in [-0.05, 0) is 31.5 Å². The molecule has 15 heavy (non-hydrogen) atoms. The predicted molar refractivity (Wildman–Crippen MR) is 54.5 cm³/mol. The minimum Gasteiger partial charge on any atom is -0.393 e. The third-order valence-electron chi connectivity index (χ3n) is 2.31. The summed E-state index contributed by atoms with van der Waals surface area (Å²) < 4.78 is 26.0. The Hall–Kier alpha value is -1.00. The van der Waals surface area contributed by atoms with Crippen LogP contribution in [0.25, 0.3) is 0 Å². The third kappa shape index (κ3) is 3.25. The minimum atomic E-state index is -0.607. The zero-order valence-corrected chi connectivity index (χ0v) is 8.58. The molecule has 1 aromatic carbocycles. The maximum absolute atomic E-state index is 13.4. The van der Waals surface area contributed by atoms with E-state index in [0.29, 0.717) is 12.0 Å².